The summed E-state index contributed by atoms with van der Waals surface area (Å²) in [5.74, 6) is -1.84. The molecule has 3 saturated heterocycles. The van der Waals surface area contributed by atoms with Crippen LogP contribution in [0.25, 0.3) is 4.85 Å². The number of fused-ring (bicyclic) bond motifs is 5. The lowest BCUT2D eigenvalue weighted by atomic mass is 10.0. The largest absolute Gasteiger partial charge is 0.417 e. The van der Waals surface area contributed by atoms with E-state index in [4.69, 9.17) is 6.57 Å². The predicted octanol–water partition coefficient (Wildman–Crippen LogP) is 4.71. The molecular formula is C23H14F6N4O3. The number of benzene rings is 2. The summed E-state index contributed by atoms with van der Waals surface area (Å²) in [5.41, 5.74) is -4.14. The molecule has 4 amide bonds. The quantitative estimate of drug-likeness (QED) is 0.336. The lowest BCUT2D eigenvalue weighted by molar-refractivity contribution is -0.138. The van der Waals surface area contributed by atoms with Crippen LogP contribution in [0, 0.1) is 6.57 Å². The number of carbonyl (C=O) groups is 3. The lowest BCUT2D eigenvalue weighted by Crippen LogP contribution is -2.55. The number of hydrogen-bond donors (Lipinski definition) is 0. The first kappa shape index (κ1) is 23.7. The molecule has 0 saturated carbocycles. The molecule has 0 spiro atoms. The van der Waals surface area contributed by atoms with Crippen molar-refractivity contribution in [1.29, 1.82) is 0 Å². The Kier molecular flexibility index (Phi) is 5.07. The maximum atomic E-state index is 13.4. The Morgan fingerprint density at radius 3 is 2.28 bits per heavy atom. The van der Waals surface area contributed by atoms with Gasteiger partial charge < -0.3 is 9.80 Å². The molecule has 2 aromatic carbocycles. The fourth-order valence-corrected chi connectivity index (χ4v) is 5.19. The van der Waals surface area contributed by atoms with Crippen molar-refractivity contribution in [3.05, 3.63) is 70.6 Å². The van der Waals surface area contributed by atoms with Crippen LogP contribution >= 0.6 is 0 Å². The number of rotatable bonds is 2. The molecule has 7 nitrogen and oxygen atoms in total. The van der Waals surface area contributed by atoms with E-state index >= 15 is 0 Å². The molecular weight excluding hydrogens is 494 g/mol. The second-order valence-electron chi connectivity index (χ2n) is 8.58. The normalized spacial score (nSPS) is 23.4. The van der Waals surface area contributed by atoms with Crippen LogP contribution < -0.4 is 4.90 Å². The zero-order valence-corrected chi connectivity index (χ0v) is 18.0. The summed E-state index contributed by atoms with van der Waals surface area (Å²) in [6.45, 7) is 6.81. The van der Waals surface area contributed by atoms with Crippen molar-refractivity contribution < 1.29 is 40.7 Å². The van der Waals surface area contributed by atoms with Crippen molar-refractivity contribution in [3.8, 4) is 0 Å². The summed E-state index contributed by atoms with van der Waals surface area (Å²) >= 11 is 0. The van der Waals surface area contributed by atoms with Gasteiger partial charge in [-0.3, -0.25) is 9.59 Å². The standard InChI is InChI=1S/C23H14F6N4O3/c1-30-16-7-6-11(8-15(16)23(27,28)29)33-20(35)18-17-9-12(32(18)21(33)36)10-31(17)19(34)13-4-2-3-5-14(13)22(24,25)26/h2-8,12,17-18H,9-10H2/t12?,17?,18-/m1/s1. The van der Waals surface area contributed by atoms with Crippen LogP contribution in [0.2, 0.25) is 0 Å². The van der Waals surface area contributed by atoms with Crippen LogP contribution in [0.4, 0.5) is 42.5 Å². The van der Waals surface area contributed by atoms with Gasteiger partial charge in [0, 0.05) is 6.54 Å². The molecule has 3 atom stereocenters. The van der Waals surface area contributed by atoms with E-state index in [9.17, 15) is 40.7 Å². The Hall–Kier alpha value is -4.08. The van der Waals surface area contributed by atoms with Crippen LogP contribution in [0.5, 0.6) is 0 Å². The molecule has 2 aromatic rings. The highest BCUT2D eigenvalue weighted by Crippen LogP contribution is 2.45. The van der Waals surface area contributed by atoms with Crippen molar-refractivity contribution in [3.63, 3.8) is 0 Å². The van der Waals surface area contributed by atoms with Crippen LogP contribution in [0.15, 0.2) is 42.5 Å². The highest BCUT2D eigenvalue weighted by atomic mass is 19.4. The van der Waals surface area contributed by atoms with E-state index in [2.05, 4.69) is 4.85 Å². The third kappa shape index (κ3) is 3.39. The first-order chi connectivity index (χ1) is 16.8. The minimum atomic E-state index is -4.91. The highest BCUT2D eigenvalue weighted by Gasteiger charge is 2.63. The molecule has 0 aliphatic carbocycles. The molecule has 3 fully saturated rings. The molecule has 2 bridgehead atoms. The second kappa shape index (κ2) is 7.71. The van der Waals surface area contributed by atoms with Gasteiger partial charge >= 0.3 is 18.4 Å². The summed E-state index contributed by atoms with van der Waals surface area (Å²) in [7, 11) is 0. The number of piperazine rings is 1. The fourth-order valence-electron chi connectivity index (χ4n) is 5.19. The van der Waals surface area contributed by atoms with Gasteiger partial charge in [-0.1, -0.05) is 18.2 Å². The molecule has 36 heavy (non-hydrogen) atoms. The van der Waals surface area contributed by atoms with Gasteiger partial charge in [-0.2, -0.15) is 26.3 Å². The molecule has 3 aliphatic heterocycles. The van der Waals surface area contributed by atoms with Crippen molar-refractivity contribution in [2.24, 2.45) is 0 Å². The van der Waals surface area contributed by atoms with Gasteiger partial charge in [0.1, 0.15) is 6.04 Å². The van der Waals surface area contributed by atoms with E-state index in [0.29, 0.717) is 11.0 Å². The number of anilines is 1. The van der Waals surface area contributed by atoms with Gasteiger partial charge in [0.05, 0.1) is 41.0 Å². The Labute approximate surface area is 199 Å². The van der Waals surface area contributed by atoms with Crippen LogP contribution in [0.1, 0.15) is 27.9 Å². The molecule has 0 N–H and O–H groups in total. The number of halogens is 6. The van der Waals surface area contributed by atoms with Gasteiger partial charge in [0.25, 0.3) is 11.8 Å². The van der Waals surface area contributed by atoms with E-state index in [1.54, 1.807) is 0 Å². The molecule has 3 aliphatic rings. The van der Waals surface area contributed by atoms with Crippen LogP contribution in [-0.4, -0.2) is 52.3 Å². The van der Waals surface area contributed by atoms with Gasteiger partial charge in [0.2, 0.25) is 0 Å². The monoisotopic (exact) mass is 508 g/mol. The Bertz CT molecular complexity index is 1350. The highest BCUT2D eigenvalue weighted by molar-refractivity contribution is 6.22. The van der Waals surface area contributed by atoms with Crippen molar-refractivity contribution >= 4 is 29.2 Å². The minimum absolute atomic E-state index is 0.122. The van der Waals surface area contributed by atoms with Gasteiger partial charge in [-0.15, -0.1) is 0 Å². The Morgan fingerprint density at radius 1 is 0.972 bits per heavy atom. The Morgan fingerprint density at radius 2 is 1.64 bits per heavy atom. The van der Waals surface area contributed by atoms with Crippen molar-refractivity contribution in [1.82, 2.24) is 9.80 Å². The first-order valence-electron chi connectivity index (χ1n) is 10.6. The van der Waals surface area contributed by atoms with Crippen molar-refractivity contribution in [2.75, 3.05) is 11.4 Å². The number of nitrogens with zero attached hydrogens (tertiary/aromatic N) is 4. The summed E-state index contributed by atoms with van der Waals surface area (Å²) in [6.07, 6.45) is -9.55. The Balaban J connectivity index is 1.47. The van der Waals surface area contributed by atoms with E-state index in [1.807, 2.05) is 0 Å². The molecule has 3 heterocycles. The molecule has 0 radical (unpaired) electrons. The molecule has 186 valence electrons. The summed E-state index contributed by atoms with van der Waals surface area (Å²) < 4.78 is 80.6. The average molecular weight is 508 g/mol. The number of urea groups is 1. The number of alkyl halides is 6. The van der Waals surface area contributed by atoms with Gasteiger partial charge in [0.15, 0.2) is 5.69 Å². The fraction of sp³-hybridized carbons (Fsp3) is 0.304. The summed E-state index contributed by atoms with van der Waals surface area (Å²) in [5, 5.41) is 0. The van der Waals surface area contributed by atoms with E-state index in [-0.39, 0.29) is 18.7 Å². The number of amides is 4. The summed E-state index contributed by atoms with van der Waals surface area (Å²) in [6, 6.07) is 2.91. The second-order valence-corrected chi connectivity index (χ2v) is 8.58. The number of likely N-dealkylation sites (tertiary alicyclic amines) is 1. The number of imide groups is 1. The smallest absolute Gasteiger partial charge is 0.331 e. The number of carbonyl (C=O) groups excluding carboxylic acids is 3. The summed E-state index contributed by atoms with van der Waals surface area (Å²) in [4.78, 5) is 45.1. The minimum Gasteiger partial charge on any atom is -0.331 e. The molecule has 13 heteroatoms. The van der Waals surface area contributed by atoms with Crippen molar-refractivity contribution in [2.45, 2.75) is 36.9 Å². The maximum Gasteiger partial charge on any atom is 0.417 e. The molecule has 5 rings (SSSR count). The van der Waals surface area contributed by atoms with Gasteiger partial charge in [-0.25, -0.2) is 14.5 Å². The predicted molar refractivity (Wildman–Crippen MR) is 111 cm³/mol. The third-order valence-electron chi connectivity index (χ3n) is 6.65. The lowest BCUT2D eigenvalue weighted by Gasteiger charge is -2.35. The van der Waals surface area contributed by atoms with Gasteiger partial charge in [-0.05, 0) is 30.7 Å². The molecule has 2 unspecified atom stereocenters. The third-order valence-corrected chi connectivity index (χ3v) is 6.65. The van der Waals surface area contributed by atoms with E-state index in [1.165, 1.54) is 11.0 Å². The topological polar surface area (TPSA) is 65.3 Å². The molecule has 0 aromatic heterocycles. The number of hydrogen-bond acceptors (Lipinski definition) is 3. The van der Waals surface area contributed by atoms with Crippen LogP contribution in [0.3, 0.4) is 0 Å². The average Bonchev–Trinajstić information content (AvgIpc) is 3.48. The first-order valence-corrected chi connectivity index (χ1v) is 10.6. The zero-order chi connectivity index (χ0) is 26.2. The SMILES string of the molecule is [C-]#[N+]c1ccc(N2C(=O)[C@H]3C4CC(CN4C(=O)c4ccccc4C(F)(F)F)N3C2=O)cc1C(F)(F)F. The van der Waals surface area contributed by atoms with Crippen LogP contribution in [-0.2, 0) is 17.1 Å². The zero-order valence-electron chi connectivity index (χ0n) is 18.0. The maximum absolute atomic E-state index is 13.4. The van der Waals surface area contributed by atoms with E-state index < -0.39 is 70.7 Å². The van der Waals surface area contributed by atoms with E-state index in [0.717, 1.165) is 35.2 Å².